The minimum atomic E-state index is -0.450. The Morgan fingerprint density at radius 3 is 1.21 bits per heavy atom. The van der Waals surface area contributed by atoms with Crippen molar-refractivity contribution >= 4 is 167 Å². The fraction of sp³-hybridized carbons (Fsp3) is 0.0992. The molecule has 0 saturated carbocycles. The SMILES string of the molecule is [C-]#[N+]c1ccc2c(c1)c1ccccc1n2-c1ccc2c(c1)N(c1c(-c3ccccc3)cc(C(C)(C)C)cc1-c1cc(-c3ccccc3)c3oc4ccccc4c3c1)c1c3c(c4c5ccccc5n5c6ccccc6c1c45)N(c1c(-c4ccccc4)cc(C(C)(C)C)cc1-c1cc(-c4ccccc4)c4oc5ccccc5c4c1)c1ccc(-c4cccc(C(C)(C)C)c4)cc1B23. The average Bonchev–Trinajstić information content (AvgIpc) is 1.56. The predicted molar refractivity (Wildman–Crippen MR) is 544 cm³/mol. The maximum absolute atomic E-state index is 8.44. The molecular formula is C121H88BN5O2. The third-order valence-corrected chi connectivity index (χ3v) is 27.8. The summed E-state index contributed by atoms with van der Waals surface area (Å²) in [5.74, 6) is 0. The number of benzene rings is 18. The smallest absolute Gasteiger partial charge is 0.252 e. The maximum Gasteiger partial charge on any atom is 0.252 e. The van der Waals surface area contributed by atoms with Gasteiger partial charge in [-0.15, -0.1) is 0 Å². The van der Waals surface area contributed by atoms with E-state index < -0.39 is 6.71 Å². The molecule has 0 fully saturated rings. The molecule has 2 aliphatic heterocycles. The molecule has 23 aromatic rings. The Morgan fingerprint density at radius 1 is 0.279 bits per heavy atom. The first-order valence-electron chi connectivity index (χ1n) is 45.0. The Morgan fingerprint density at radius 2 is 0.705 bits per heavy atom. The lowest BCUT2D eigenvalue weighted by molar-refractivity contribution is 0.590. The molecule has 0 bridgehead atoms. The van der Waals surface area contributed by atoms with Crippen LogP contribution in [0.3, 0.4) is 0 Å². The van der Waals surface area contributed by atoms with Crippen LogP contribution < -0.4 is 26.2 Å². The number of hydrogen-bond acceptors (Lipinski definition) is 4. The molecule has 0 atom stereocenters. The summed E-state index contributed by atoms with van der Waals surface area (Å²) in [4.78, 5) is 9.66. The summed E-state index contributed by atoms with van der Waals surface area (Å²) in [6.07, 6.45) is 0. The summed E-state index contributed by atoms with van der Waals surface area (Å²) < 4.78 is 19.4. The Kier molecular flexibility index (Phi) is 16.5. The van der Waals surface area contributed by atoms with Crippen molar-refractivity contribution in [2.45, 2.75) is 78.6 Å². The maximum atomic E-state index is 8.44. The van der Waals surface area contributed by atoms with E-state index >= 15 is 0 Å². The fourth-order valence-electron chi connectivity index (χ4n) is 21.6. The molecule has 612 valence electrons. The molecule has 0 unspecified atom stereocenters. The van der Waals surface area contributed by atoms with Crippen LogP contribution in [0.5, 0.6) is 0 Å². The number of fused-ring (bicyclic) bond motifs is 21. The van der Waals surface area contributed by atoms with Crippen molar-refractivity contribution in [1.29, 1.82) is 0 Å². The molecule has 0 aliphatic carbocycles. The van der Waals surface area contributed by atoms with Crippen LogP contribution >= 0.6 is 0 Å². The molecular weight excluding hydrogens is 1570 g/mol. The van der Waals surface area contributed by atoms with Crippen LogP contribution in [0.1, 0.15) is 79.0 Å². The molecule has 0 amide bonds. The highest BCUT2D eigenvalue weighted by Crippen LogP contribution is 2.61. The van der Waals surface area contributed by atoms with Gasteiger partial charge in [0, 0.05) is 98.9 Å². The number of rotatable bonds is 10. The molecule has 0 N–H and O–H groups in total. The highest BCUT2D eigenvalue weighted by molar-refractivity contribution is 7.01. The molecule has 129 heavy (non-hydrogen) atoms. The quantitative estimate of drug-likeness (QED) is 0.101. The molecule has 0 saturated heterocycles. The summed E-state index contributed by atoms with van der Waals surface area (Å²) in [5, 5.41) is 10.9. The third-order valence-electron chi connectivity index (χ3n) is 27.8. The van der Waals surface area contributed by atoms with Crippen molar-refractivity contribution in [3.05, 3.63) is 398 Å². The van der Waals surface area contributed by atoms with Gasteiger partial charge in [0.05, 0.1) is 56.9 Å². The lowest BCUT2D eigenvalue weighted by Crippen LogP contribution is -2.61. The van der Waals surface area contributed by atoms with Gasteiger partial charge in [-0.25, -0.2) is 4.85 Å². The van der Waals surface area contributed by atoms with Gasteiger partial charge < -0.3 is 27.6 Å². The molecule has 0 spiro atoms. The number of furan rings is 2. The monoisotopic (exact) mass is 1650 g/mol. The van der Waals surface area contributed by atoms with Gasteiger partial charge in [0.1, 0.15) is 22.3 Å². The zero-order valence-electron chi connectivity index (χ0n) is 73.3. The predicted octanol–water partition coefficient (Wildman–Crippen LogP) is 31.9. The zero-order chi connectivity index (χ0) is 86.8. The summed E-state index contributed by atoms with van der Waals surface area (Å²) in [7, 11) is 0. The fourth-order valence-corrected chi connectivity index (χ4v) is 21.6. The van der Waals surface area contributed by atoms with Gasteiger partial charge in [0.15, 0.2) is 5.69 Å². The van der Waals surface area contributed by atoms with E-state index in [1.54, 1.807) is 0 Å². The highest BCUT2D eigenvalue weighted by atomic mass is 16.3. The van der Waals surface area contributed by atoms with Crippen LogP contribution in [0.4, 0.5) is 39.8 Å². The molecule has 25 rings (SSSR count). The van der Waals surface area contributed by atoms with Crippen LogP contribution in [-0.4, -0.2) is 15.7 Å². The van der Waals surface area contributed by atoms with Crippen LogP contribution in [-0.2, 0) is 16.2 Å². The average molecular weight is 1650 g/mol. The van der Waals surface area contributed by atoms with E-state index in [9.17, 15) is 0 Å². The van der Waals surface area contributed by atoms with Gasteiger partial charge in [-0.3, -0.25) is 0 Å². The Bertz CT molecular complexity index is 8700. The first kappa shape index (κ1) is 75.8. The normalized spacial score (nSPS) is 12.9. The first-order valence-corrected chi connectivity index (χ1v) is 45.0. The van der Waals surface area contributed by atoms with Gasteiger partial charge in [0.2, 0.25) is 0 Å². The van der Waals surface area contributed by atoms with Crippen LogP contribution in [0.15, 0.2) is 379 Å². The van der Waals surface area contributed by atoms with Crippen molar-refractivity contribution in [2.75, 3.05) is 9.80 Å². The molecule has 5 aromatic heterocycles. The second kappa shape index (κ2) is 28.2. The van der Waals surface area contributed by atoms with E-state index in [1.165, 1.54) is 33.0 Å². The largest absolute Gasteiger partial charge is 0.455 e. The minimum absolute atomic E-state index is 0.142. The summed E-state index contributed by atoms with van der Waals surface area (Å²) >= 11 is 0. The second-order valence-corrected chi connectivity index (χ2v) is 38.5. The van der Waals surface area contributed by atoms with Crippen molar-refractivity contribution in [1.82, 2.24) is 8.97 Å². The first-order chi connectivity index (χ1) is 62.9. The molecule has 0 radical (unpaired) electrons. The van der Waals surface area contributed by atoms with Crippen LogP contribution in [0.2, 0.25) is 0 Å². The van der Waals surface area contributed by atoms with Gasteiger partial charge in [-0.05, 0) is 208 Å². The van der Waals surface area contributed by atoms with Gasteiger partial charge in [-0.1, -0.05) is 323 Å². The topological polar surface area (TPSA) is 46.5 Å². The van der Waals surface area contributed by atoms with E-state index in [4.69, 9.17) is 15.4 Å². The van der Waals surface area contributed by atoms with Gasteiger partial charge >= 0.3 is 0 Å². The van der Waals surface area contributed by atoms with E-state index in [0.717, 1.165) is 222 Å². The van der Waals surface area contributed by atoms with Crippen LogP contribution in [0.25, 0.3) is 192 Å². The Balaban J connectivity index is 0.923. The standard InChI is InChI=1S/C121H88BN5O2/c1-119(2,3)80-43-33-42-76(60-80)77-54-58-105-100(65-77)122-99-57-56-84(124-101-49-28-23-44-85(101)96-70-83(123-10)55-59-104(96)124)71-106(99)127(113-91(73-36-17-12-18-37-73)67-82(121(7,8)9)69-93(113)79-62-95(75-40-21-14-22-41-75)118-98(64-79)87-46-27-32-53-108(87)129-118)116-110-89-48-25-30-51-103(89)125-102-50-29-24-47-88(102)109(114(110)125)115(111(116)122)126(105)112-90(72-34-15-11-16-35-72)66-81(120(4,5)6)68-92(112)78-61-94(74-38-19-13-20-39-74)117-97(63-78)86-45-26-31-52-107(86)128-117/h11-71H,1-9H3. The number of aromatic nitrogens is 2. The molecule has 7 heterocycles. The van der Waals surface area contributed by atoms with Gasteiger partial charge in [0.25, 0.3) is 6.71 Å². The lowest BCUT2D eigenvalue weighted by atomic mass is 9.33. The molecule has 7 nitrogen and oxygen atoms in total. The van der Waals surface area contributed by atoms with E-state index in [0.29, 0.717) is 5.69 Å². The summed E-state index contributed by atoms with van der Waals surface area (Å²) in [6, 6.07) is 139. The zero-order valence-corrected chi connectivity index (χ0v) is 73.3. The van der Waals surface area contributed by atoms with Crippen LogP contribution in [0, 0.1) is 6.57 Å². The Hall–Kier alpha value is -15.7. The minimum Gasteiger partial charge on any atom is -0.455 e. The third kappa shape index (κ3) is 11.5. The Labute approximate surface area is 749 Å². The number of para-hydroxylation sites is 5. The van der Waals surface area contributed by atoms with Gasteiger partial charge in [-0.2, -0.15) is 0 Å². The van der Waals surface area contributed by atoms with E-state index in [1.807, 2.05) is 6.07 Å². The van der Waals surface area contributed by atoms with Crippen molar-refractivity contribution < 1.29 is 8.83 Å². The van der Waals surface area contributed by atoms with Crippen molar-refractivity contribution in [2.24, 2.45) is 0 Å². The molecule has 2 aliphatic rings. The summed E-state index contributed by atoms with van der Waals surface area (Å²) in [6.45, 7) is 29.2. The number of anilines is 6. The van der Waals surface area contributed by atoms with E-state index in [2.05, 4.69) is 450 Å². The van der Waals surface area contributed by atoms with Crippen molar-refractivity contribution in [3.63, 3.8) is 0 Å². The number of hydrogen-bond donors (Lipinski definition) is 0. The molecule has 18 aromatic carbocycles. The lowest BCUT2D eigenvalue weighted by Gasteiger charge is -2.46. The van der Waals surface area contributed by atoms with E-state index in [-0.39, 0.29) is 16.2 Å². The highest BCUT2D eigenvalue weighted by Gasteiger charge is 2.49. The van der Waals surface area contributed by atoms with Crippen molar-refractivity contribution in [3.8, 4) is 83.6 Å². The molecule has 8 heteroatoms. The second-order valence-electron chi connectivity index (χ2n) is 38.5. The number of nitrogens with zero attached hydrogens (tertiary/aromatic N) is 5. The summed E-state index contributed by atoms with van der Waals surface area (Å²) in [5.41, 5.74) is 38.2.